The molecular formula is C23H25N2O2+. The lowest BCUT2D eigenvalue weighted by atomic mass is 10.1. The maximum atomic E-state index is 12.9. The van der Waals surface area contributed by atoms with Gasteiger partial charge in [0.25, 0.3) is 0 Å². The number of Topliss-reactive ketones (excluding diaryl/α,β-unsaturated/α-hetero) is 2. The van der Waals surface area contributed by atoms with Crippen LogP contribution in [0.3, 0.4) is 0 Å². The van der Waals surface area contributed by atoms with Crippen molar-refractivity contribution < 1.29 is 14.2 Å². The minimum atomic E-state index is -0.00952. The van der Waals surface area contributed by atoms with Crippen molar-refractivity contribution in [3.05, 3.63) is 82.4 Å². The number of hydrogen-bond acceptors (Lipinski definition) is 2. The number of ketones is 2. The van der Waals surface area contributed by atoms with Gasteiger partial charge in [-0.2, -0.15) is 4.57 Å². The third-order valence-electron chi connectivity index (χ3n) is 5.07. The minimum absolute atomic E-state index is 0.00952. The molecule has 4 nitrogen and oxygen atoms in total. The summed E-state index contributed by atoms with van der Waals surface area (Å²) in [4.78, 5) is 24.5. The molecule has 0 fully saturated rings. The van der Waals surface area contributed by atoms with Crippen LogP contribution in [0.1, 0.15) is 50.2 Å². The topological polar surface area (TPSA) is 42.9 Å². The van der Waals surface area contributed by atoms with E-state index in [-0.39, 0.29) is 18.1 Å². The number of hydrogen-bond donors (Lipinski definition) is 0. The first-order valence-corrected chi connectivity index (χ1v) is 9.07. The molecule has 0 saturated carbocycles. The molecule has 0 aliphatic rings. The first-order valence-electron chi connectivity index (χ1n) is 9.07. The van der Waals surface area contributed by atoms with Crippen molar-refractivity contribution in [1.82, 2.24) is 4.57 Å². The van der Waals surface area contributed by atoms with Crippen molar-refractivity contribution in [1.29, 1.82) is 0 Å². The van der Waals surface area contributed by atoms with Gasteiger partial charge in [-0.3, -0.25) is 9.59 Å². The lowest BCUT2D eigenvalue weighted by Crippen LogP contribution is -2.38. The molecule has 138 valence electrons. The van der Waals surface area contributed by atoms with Gasteiger partial charge in [0.15, 0.2) is 18.2 Å². The average Bonchev–Trinajstić information content (AvgIpc) is 2.92. The van der Waals surface area contributed by atoms with Gasteiger partial charge in [0.1, 0.15) is 0 Å². The first-order chi connectivity index (χ1) is 12.8. The molecule has 1 aromatic carbocycles. The second-order valence-electron chi connectivity index (χ2n) is 7.13. The van der Waals surface area contributed by atoms with Crippen molar-refractivity contribution >= 4 is 11.6 Å². The maximum Gasteiger partial charge on any atom is 0.229 e. The van der Waals surface area contributed by atoms with E-state index >= 15 is 0 Å². The van der Waals surface area contributed by atoms with E-state index in [2.05, 4.69) is 36.6 Å². The first kappa shape index (κ1) is 18.8. The van der Waals surface area contributed by atoms with Crippen molar-refractivity contribution in [2.75, 3.05) is 0 Å². The summed E-state index contributed by atoms with van der Waals surface area (Å²) in [5.74, 6) is 0.0219. The number of nitrogens with zero attached hydrogens (tertiary/aromatic N) is 2. The van der Waals surface area contributed by atoms with Crippen molar-refractivity contribution in [3.63, 3.8) is 0 Å². The third-order valence-corrected chi connectivity index (χ3v) is 5.07. The van der Waals surface area contributed by atoms with Gasteiger partial charge in [0.2, 0.25) is 12.3 Å². The highest BCUT2D eigenvalue weighted by atomic mass is 16.1. The van der Waals surface area contributed by atoms with Crippen LogP contribution in [-0.4, -0.2) is 16.1 Å². The van der Waals surface area contributed by atoms with E-state index < -0.39 is 0 Å². The van der Waals surface area contributed by atoms with Gasteiger partial charge in [0, 0.05) is 28.7 Å². The van der Waals surface area contributed by atoms with E-state index in [9.17, 15) is 9.59 Å². The van der Waals surface area contributed by atoms with Crippen LogP contribution in [0.4, 0.5) is 0 Å². The quantitative estimate of drug-likeness (QED) is 0.507. The molecule has 3 aromatic rings. The number of rotatable bonds is 5. The molecule has 0 atom stereocenters. The van der Waals surface area contributed by atoms with Crippen molar-refractivity contribution in [3.8, 4) is 5.69 Å². The molecular weight excluding hydrogens is 336 g/mol. The smallest absolute Gasteiger partial charge is 0.229 e. The summed E-state index contributed by atoms with van der Waals surface area (Å²) in [7, 11) is 0. The molecule has 3 rings (SSSR count). The minimum Gasteiger partial charge on any atom is -0.318 e. The predicted molar refractivity (Wildman–Crippen MR) is 106 cm³/mol. The van der Waals surface area contributed by atoms with Gasteiger partial charge in [0.05, 0.1) is 5.56 Å². The Balaban J connectivity index is 1.94. The summed E-state index contributed by atoms with van der Waals surface area (Å²) in [5.41, 5.74) is 6.82. The zero-order valence-electron chi connectivity index (χ0n) is 16.5. The van der Waals surface area contributed by atoms with Crippen LogP contribution in [0.15, 0.2) is 48.8 Å². The number of aryl methyl sites for hydroxylation is 3. The van der Waals surface area contributed by atoms with Gasteiger partial charge >= 0.3 is 0 Å². The summed E-state index contributed by atoms with van der Waals surface area (Å²) < 4.78 is 3.89. The van der Waals surface area contributed by atoms with Crippen LogP contribution in [0.25, 0.3) is 5.69 Å². The molecule has 0 aliphatic heterocycles. The molecule has 0 aliphatic carbocycles. The highest BCUT2D eigenvalue weighted by Gasteiger charge is 2.20. The SMILES string of the molecule is CC(=O)c1ccc[n+](CC(=O)c2cc(C)n(-c3ccc(C)c(C)c3)c2C)c1. The maximum absolute atomic E-state index is 12.9. The number of pyridine rings is 1. The lowest BCUT2D eigenvalue weighted by Gasteiger charge is -2.12. The fraction of sp³-hybridized carbons (Fsp3) is 0.261. The molecule has 0 N–H and O–H groups in total. The number of carbonyl (C=O) groups is 2. The van der Waals surface area contributed by atoms with E-state index in [1.807, 2.05) is 26.1 Å². The van der Waals surface area contributed by atoms with E-state index in [4.69, 9.17) is 0 Å². The zero-order chi connectivity index (χ0) is 19.7. The molecule has 2 aromatic heterocycles. The van der Waals surface area contributed by atoms with Gasteiger partial charge in [-0.05, 0) is 70.0 Å². The van der Waals surface area contributed by atoms with E-state index in [1.54, 1.807) is 22.9 Å². The van der Waals surface area contributed by atoms with E-state index in [1.165, 1.54) is 18.1 Å². The summed E-state index contributed by atoms with van der Waals surface area (Å²) in [6.07, 6.45) is 3.54. The highest BCUT2D eigenvalue weighted by Crippen LogP contribution is 2.23. The Bertz CT molecular complexity index is 1040. The number of aromatic nitrogens is 2. The Kier molecular flexibility index (Phi) is 5.08. The second-order valence-corrected chi connectivity index (χ2v) is 7.13. The number of benzene rings is 1. The summed E-state index contributed by atoms with van der Waals surface area (Å²) in [5, 5.41) is 0. The predicted octanol–water partition coefficient (Wildman–Crippen LogP) is 4.08. The van der Waals surface area contributed by atoms with Crippen LogP contribution in [0.5, 0.6) is 0 Å². The van der Waals surface area contributed by atoms with Gasteiger partial charge in [-0.25, -0.2) is 0 Å². The zero-order valence-corrected chi connectivity index (χ0v) is 16.5. The molecule has 2 heterocycles. The van der Waals surface area contributed by atoms with Gasteiger partial charge in [-0.1, -0.05) is 6.07 Å². The van der Waals surface area contributed by atoms with E-state index in [0.29, 0.717) is 11.1 Å². The average molecular weight is 361 g/mol. The Morgan fingerprint density at radius 1 is 1.00 bits per heavy atom. The fourth-order valence-corrected chi connectivity index (χ4v) is 3.39. The Hall–Kier alpha value is -3.01. The van der Waals surface area contributed by atoms with Gasteiger partial charge < -0.3 is 4.57 Å². The van der Waals surface area contributed by atoms with Crippen LogP contribution in [-0.2, 0) is 6.54 Å². The molecule has 0 bridgehead atoms. The highest BCUT2D eigenvalue weighted by molar-refractivity contribution is 5.97. The van der Waals surface area contributed by atoms with E-state index in [0.717, 1.165) is 17.1 Å². The van der Waals surface area contributed by atoms with Crippen molar-refractivity contribution in [2.24, 2.45) is 0 Å². The fourth-order valence-electron chi connectivity index (χ4n) is 3.39. The Morgan fingerprint density at radius 3 is 2.41 bits per heavy atom. The molecule has 0 radical (unpaired) electrons. The molecule has 0 spiro atoms. The van der Waals surface area contributed by atoms with Crippen LogP contribution >= 0.6 is 0 Å². The van der Waals surface area contributed by atoms with Crippen LogP contribution < -0.4 is 4.57 Å². The lowest BCUT2D eigenvalue weighted by molar-refractivity contribution is -0.683. The monoisotopic (exact) mass is 361 g/mol. The normalized spacial score (nSPS) is 10.9. The third kappa shape index (κ3) is 3.75. The number of carbonyl (C=O) groups excluding carboxylic acids is 2. The molecule has 4 heteroatoms. The molecule has 0 saturated heterocycles. The second kappa shape index (κ2) is 7.31. The summed E-state index contributed by atoms with van der Waals surface area (Å²) in [6, 6.07) is 11.8. The molecule has 0 amide bonds. The molecule has 27 heavy (non-hydrogen) atoms. The van der Waals surface area contributed by atoms with Crippen molar-refractivity contribution in [2.45, 2.75) is 41.2 Å². The molecule has 0 unspecified atom stereocenters. The van der Waals surface area contributed by atoms with Crippen LogP contribution in [0, 0.1) is 27.7 Å². The Labute approximate surface area is 160 Å². The summed E-state index contributed by atoms with van der Waals surface area (Å²) in [6.45, 7) is 9.92. The summed E-state index contributed by atoms with van der Waals surface area (Å²) >= 11 is 0. The largest absolute Gasteiger partial charge is 0.318 e. The standard InChI is InChI=1S/C23H25N2O2/c1-15-8-9-21(11-16(15)2)25-17(3)12-22(18(25)4)23(27)14-24-10-6-7-20(13-24)19(5)26/h6-13H,14H2,1-5H3/q+1. The van der Waals surface area contributed by atoms with Crippen LogP contribution in [0.2, 0.25) is 0 Å². The Morgan fingerprint density at radius 2 is 1.74 bits per heavy atom. The van der Waals surface area contributed by atoms with Gasteiger partial charge in [-0.15, -0.1) is 0 Å².